The third kappa shape index (κ3) is 13.2. The molecule has 4 aliphatic rings. The Morgan fingerprint density at radius 2 is 1.33 bits per heavy atom. The normalized spacial score (nSPS) is 33.1. The van der Waals surface area contributed by atoms with Gasteiger partial charge in [-0.05, 0) is 135 Å². The zero-order chi connectivity index (χ0) is 38.0. The highest BCUT2D eigenvalue weighted by molar-refractivity contribution is 5.80. The average Bonchev–Trinajstić information content (AvgIpc) is 3.47. The second-order valence-electron chi connectivity index (χ2n) is 18.5. The van der Waals surface area contributed by atoms with Crippen LogP contribution in [0.3, 0.4) is 0 Å². The number of rotatable bonds is 19. The van der Waals surface area contributed by atoms with Crippen LogP contribution >= 0.6 is 0 Å². The molecule has 0 aromatic carbocycles. The van der Waals surface area contributed by atoms with E-state index in [1.165, 1.54) is 115 Å². The number of aliphatic carboxylic acids is 1. The number of fused-ring (bicyclic) bond motifs is 5. The maximum absolute atomic E-state index is 10.3. The van der Waals surface area contributed by atoms with Crippen molar-refractivity contribution in [2.45, 2.75) is 183 Å². The lowest BCUT2D eigenvalue weighted by Crippen LogP contribution is -2.54. The molecule has 0 unspecified atom stereocenters. The van der Waals surface area contributed by atoms with E-state index in [-0.39, 0.29) is 6.10 Å². The number of carboxylic acids is 1. The van der Waals surface area contributed by atoms with E-state index >= 15 is 0 Å². The summed E-state index contributed by atoms with van der Waals surface area (Å²) in [6.45, 7) is 17.5. The number of carbonyl (C=O) groups is 1. The fourth-order valence-electron chi connectivity index (χ4n) is 11.8. The predicted octanol–water partition coefficient (Wildman–Crippen LogP) is 14.1. The molecule has 0 saturated heterocycles. The summed E-state index contributed by atoms with van der Waals surface area (Å²) >= 11 is 0. The first-order valence-electron chi connectivity index (χ1n) is 22.2. The Balaban J connectivity index is 0.000000297. The highest BCUT2D eigenvalue weighted by Crippen LogP contribution is 2.68. The Morgan fingerprint density at radius 1 is 0.712 bits per heavy atom. The monoisotopic (exact) mass is 719 g/mol. The van der Waals surface area contributed by atoms with Crippen LogP contribution in [0, 0.1) is 58.2 Å². The van der Waals surface area contributed by atoms with E-state index in [2.05, 4.69) is 60.6 Å². The van der Waals surface area contributed by atoms with Crippen molar-refractivity contribution in [3.63, 3.8) is 0 Å². The van der Waals surface area contributed by atoms with E-state index in [0.717, 1.165) is 72.7 Å². The van der Waals surface area contributed by atoms with Crippen LogP contribution in [0.25, 0.3) is 0 Å². The molecule has 0 amide bonds. The van der Waals surface area contributed by atoms with Gasteiger partial charge in [-0.2, -0.15) is 0 Å². The number of aliphatic hydroxyl groups excluding tert-OH is 1. The highest BCUT2D eigenvalue weighted by atomic mass is 16.4. The fraction of sp³-hybridized carbons (Fsp3) is 0.776. The van der Waals surface area contributed by atoms with Gasteiger partial charge in [0.05, 0.1) is 6.10 Å². The smallest absolute Gasteiger partial charge is 0.328 e. The molecule has 3 nitrogen and oxygen atoms in total. The van der Waals surface area contributed by atoms with Crippen LogP contribution in [0.15, 0.2) is 60.8 Å². The van der Waals surface area contributed by atoms with Crippen LogP contribution in [-0.4, -0.2) is 22.3 Å². The SMILES string of the molecule is CCCCCCCCC/C=C/C=C/C=C/C=C/C=C/C(=O)O.CC[C@H](CC[C@@H](C)[C@H]1CC[C@H]2[C@@H]3CC[C@H]4C[C@@H](O)CC[C@]4(C)[C@H]3CC[C@]12C)C(C)C. The number of allylic oxidation sites excluding steroid dienone is 9. The summed E-state index contributed by atoms with van der Waals surface area (Å²) in [5.41, 5.74) is 1.14. The predicted molar refractivity (Wildman–Crippen MR) is 224 cm³/mol. The van der Waals surface area contributed by atoms with E-state index in [1.807, 2.05) is 24.3 Å². The number of unbranched alkanes of at least 4 members (excludes halogenated alkanes) is 7. The molecule has 0 radical (unpaired) electrons. The van der Waals surface area contributed by atoms with Gasteiger partial charge in [-0.3, -0.25) is 0 Å². The Bertz CT molecular complexity index is 1160. The van der Waals surface area contributed by atoms with Gasteiger partial charge >= 0.3 is 5.97 Å². The summed E-state index contributed by atoms with van der Waals surface area (Å²) in [7, 11) is 0. The first kappa shape index (κ1) is 44.5. The highest BCUT2D eigenvalue weighted by Gasteiger charge is 2.60. The lowest BCUT2D eigenvalue weighted by Gasteiger charge is -2.61. The van der Waals surface area contributed by atoms with Gasteiger partial charge < -0.3 is 10.2 Å². The second-order valence-corrected chi connectivity index (χ2v) is 18.5. The molecule has 0 bridgehead atoms. The van der Waals surface area contributed by atoms with Crippen molar-refractivity contribution < 1.29 is 15.0 Å². The lowest BCUT2D eigenvalue weighted by molar-refractivity contribution is -0.131. The van der Waals surface area contributed by atoms with Crippen LogP contribution in [-0.2, 0) is 4.79 Å². The maximum Gasteiger partial charge on any atom is 0.328 e. The number of carboxylic acid groups (broad SMARTS) is 1. The number of aliphatic hydroxyl groups is 1. The van der Waals surface area contributed by atoms with Gasteiger partial charge in [-0.1, -0.05) is 155 Å². The Kier molecular flexibility index (Phi) is 19.8. The molecule has 0 spiro atoms. The Labute approximate surface area is 322 Å². The summed E-state index contributed by atoms with van der Waals surface area (Å²) in [5, 5.41) is 18.7. The molecule has 0 heterocycles. The molecule has 4 fully saturated rings. The molecule has 10 atom stereocenters. The number of hydrogen-bond acceptors (Lipinski definition) is 2. The van der Waals surface area contributed by atoms with Crippen molar-refractivity contribution in [2.24, 2.45) is 58.2 Å². The molecule has 52 heavy (non-hydrogen) atoms. The first-order valence-corrected chi connectivity index (χ1v) is 22.2. The molecule has 4 rings (SSSR count). The standard InChI is InChI=1S/C29H52O.C20H30O2/c1-7-21(19(2)3)9-8-20(4)25-12-13-26-24-11-10-22-18-23(30)14-16-28(22,5)27(24)15-17-29(25,26)6;1-2-3-4-5-6-7-8-9-10-11-12-13-14-15-16-17-18-19-20(21)22/h19-27,30H,7-18H2,1-6H3;10-19H,2-9H2,1H3,(H,21,22)/b;11-10+,13-12+,15-14+,17-16+,19-18+/t20-,21-,22+,23+,24+,25-,26+,27+,28+,29-;/m1./s1. The molecule has 2 N–H and O–H groups in total. The summed E-state index contributed by atoms with van der Waals surface area (Å²) in [4.78, 5) is 10.2. The largest absolute Gasteiger partial charge is 0.478 e. The van der Waals surface area contributed by atoms with Gasteiger partial charge in [0.25, 0.3) is 0 Å². The maximum atomic E-state index is 10.3. The third-order valence-electron chi connectivity index (χ3n) is 15.0. The molecule has 296 valence electrons. The Hall–Kier alpha value is -1.87. The molecule has 4 saturated carbocycles. The van der Waals surface area contributed by atoms with Crippen LogP contribution in [0.1, 0.15) is 177 Å². The molecule has 0 aromatic heterocycles. The van der Waals surface area contributed by atoms with E-state index in [0.29, 0.717) is 10.8 Å². The fourth-order valence-corrected chi connectivity index (χ4v) is 11.8. The third-order valence-corrected chi connectivity index (χ3v) is 15.0. The quantitative estimate of drug-likeness (QED) is 0.0794. The number of hydrogen-bond donors (Lipinski definition) is 2. The van der Waals surface area contributed by atoms with Gasteiger partial charge in [-0.15, -0.1) is 0 Å². The van der Waals surface area contributed by atoms with E-state index in [4.69, 9.17) is 5.11 Å². The lowest BCUT2D eigenvalue weighted by atomic mass is 9.44. The van der Waals surface area contributed by atoms with Crippen LogP contribution in [0.4, 0.5) is 0 Å². The Morgan fingerprint density at radius 3 is 1.98 bits per heavy atom. The van der Waals surface area contributed by atoms with E-state index in [1.54, 1.807) is 12.2 Å². The average molecular weight is 719 g/mol. The summed E-state index contributed by atoms with van der Waals surface area (Å²) < 4.78 is 0. The van der Waals surface area contributed by atoms with Crippen LogP contribution in [0.5, 0.6) is 0 Å². The minimum absolute atomic E-state index is 0.0111. The zero-order valence-electron chi connectivity index (χ0n) is 34.9. The van der Waals surface area contributed by atoms with Gasteiger partial charge in [0, 0.05) is 6.08 Å². The van der Waals surface area contributed by atoms with Crippen molar-refractivity contribution in [2.75, 3.05) is 0 Å². The van der Waals surface area contributed by atoms with Crippen molar-refractivity contribution >= 4 is 5.97 Å². The van der Waals surface area contributed by atoms with Crippen molar-refractivity contribution in [1.82, 2.24) is 0 Å². The van der Waals surface area contributed by atoms with E-state index < -0.39 is 5.97 Å². The zero-order valence-corrected chi connectivity index (χ0v) is 34.9. The molecular formula is C49H82O3. The van der Waals surface area contributed by atoms with Crippen molar-refractivity contribution in [3.05, 3.63) is 60.8 Å². The topological polar surface area (TPSA) is 57.5 Å². The summed E-state index contributed by atoms with van der Waals surface area (Å²) in [6.07, 6.45) is 45.3. The van der Waals surface area contributed by atoms with Crippen LogP contribution < -0.4 is 0 Å². The van der Waals surface area contributed by atoms with Gasteiger partial charge in [-0.25, -0.2) is 4.79 Å². The van der Waals surface area contributed by atoms with E-state index in [9.17, 15) is 9.90 Å². The summed E-state index contributed by atoms with van der Waals surface area (Å²) in [6, 6.07) is 0. The van der Waals surface area contributed by atoms with Gasteiger partial charge in [0.2, 0.25) is 0 Å². The summed E-state index contributed by atoms with van der Waals surface area (Å²) in [5.74, 6) is 6.41. The van der Waals surface area contributed by atoms with Gasteiger partial charge in [0.1, 0.15) is 0 Å². The van der Waals surface area contributed by atoms with Gasteiger partial charge in [0.15, 0.2) is 0 Å². The molecule has 4 aliphatic carbocycles. The van der Waals surface area contributed by atoms with Crippen LogP contribution in [0.2, 0.25) is 0 Å². The molecule has 3 heteroatoms. The minimum Gasteiger partial charge on any atom is -0.478 e. The van der Waals surface area contributed by atoms with Crippen molar-refractivity contribution in [3.8, 4) is 0 Å². The second kappa shape index (κ2) is 23.1. The first-order chi connectivity index (χ1) is 25.0. The molecule has 0 aliphatic heterocycles. The van der Waals surface area contributed by atoms with Crippen molar-refractivity contribution in [1.29, 1.82) is 0 Å². The molecule has 0 aromatic rings. The molecular weight excluding hydrogens is 637 g/mol. The minimum atomic E-state index is -0.931.